The van der Waals surface area contributed by atoms with Gasteiger partial charge in [-0.1, -0.05) is 6.42 Å². The van der Waals surface area contributed by atoms with E-state index in [1.165, 1.54) is 30.6 Å². The lowest BCUT2D eigenvalue weighted by Gasteiger charge is -2.20. The minimum Gasteiger partial charge on any atom is -0.493 e. The summed E-state index contributed by atoms with van der Waals surface area (Å²) >= 11 is 1.31. The molecule has 2 aromatic rings. The highest BCUT2D eigenvalue weighted by molar-refractivity contribution is 7.14. The fourth-order valence-corrected chi connectivity index (χ4v) is 5.40. The number of fused-ring (bicyclic) bond motifs is 2. The highest BCUT2D eigenvalue weighted by Crippen LogP contribution is 2.49. The average molecular weight is 431 g/mol. The van der Waals surface area contributed by atoms with Crippen molar-refractivity contribution in [3.05, 3.63) is 23.6 Å². The summed E-state index contributed by atoms with van der Waals surface area (Å²) in [4.78, 5) is 28.7. The first kappa shape index (κ1) is 20.7. The van der Waals surface area contributed by atoms with Gasteiger partial charge in [-0.15, -0.1) is 11.3 Å². The van der Waals surface area contributed by atoms with Gasteiger partial charge < -0.3 is 14.2 Å². The number of carbonyl (C=O) groups is 2. The molecule has 2 aliphatic carbocycles. The van der Waals surface area contributed by atoms with Crippen LogP contribution in [0, 0.1) is 17.8 Å². The third-order valence-electron chi connectivity index (χ3n) is 6.11. The normalized spacial score (nSPS) is 22.0. The number of carbonyl (C=O) groups excluding carboxylic acids is 2. The molecule has 1 N–H and O–H groups in total. The predicted molar refractivity (Wildman–Crippen MR) is 114 cm³/mol. The third-order valence-corrected chi connectivity index (χ3v) is 6.87. The molecule has 8 heteroatoms. The van der Waals surface area contributed by atoms with E-state index >= 15 is 0 Å². The molecule has 0 radical (unpaired) electrons. The van der Waals surface area contributed by atoms with E-state index in [-0.39, 0.29) is 18.5 Å². The molecule has 2 saturated carbocycles. The molecule has 3 unspecified atom stereocenters. The fraction of sp³-hybridized carbons (Fsp3) is 0.500. The highest BCUT2D eigenvalue weighted by atomic mass is 32.1. The number of thiazole rings is 1. The Hall–Kier alpha value is -2.61. The Morgan fingerprint density at radius 3 is 2.70 bits per heavy atom. The summed E-state index contributed by atoms with van der Waals surface area (Å²) < 4.78 is 15.8. The molecule has 2 bridgehead atoms. The van der Waals surface area contributed by atoms with Crippen molar-refractivity contribution < 1.29 is 23.8 Å². The Kier molecular flexibility index (Phi) is 6.22. The number of amides is 1. The number of benzene rings is 1. The third kappa shape index (κ3) is 4.59. The first-order valence-electron chi connectivity index (χ1n) is 10.2. The van der Waals surface area contributed by atoms with Crippen LogP contribution < -0.4 is 14.8 Å². The summed E-state index contributed by atoms with van der Waals surface area (Å²) in [5.74, 6) is 2.47. The zero-order valence-electron chi connectivity index (χ0n) is 17.2. The van der Waals surface area contributed by atoms with Crippen LogP contribution in [0.3, 0.4) is 0 Å². The number of ether oxygens (including phenoxy) is 3. The van der Waals surface area contributed by atoms with E-state index in [9.17, 15) is 9.59 Å². The lowest BCUT2D eigenvalue weighted by atomic mass is 9.86. The summed E-state index contributed by atoms with van der Waals surface area (Å²) in [5, 5.41) is 4.99. The molecule has 160 valence electrons. The molecule has 1 amide bonds. The molecule has 0 saturated heterocycles. The van der Waals surface area contributed by atoms with Crippen molar-refractivity contribution in [1.29, 1.82) is 0 Å². The van der Waals surface area contributed by atoms with Crippen molar-refractivity contribution in [2.24, 2.45) is 17.8 Å². The first-order chi connectivity index (χ1) is 14.6. The summed E-state index contributed by atoms with van der Waals surface area (Å²) in [6.45, 7) is -0.287. The number of nitrogens with zero attached hydrogens (tertiary/aromatic N) is 1. The van der Waals surface area contributed by atoms with Crippen LogP contribution in [0.25, 0.3) is 11.3 Å². The Balaban J connectivity index is 1.27. The summed E-state index contributed by atoms with van der Waals surface area (Å²) in [5.41, 5.74) is 1.56. The zero-order valence-corrected chi connectivity index (χ0v) is 18.0. The number of aromatic nitrogens is 1. The molecule has 0 aliphatic heterocycles. The van der Waals surface area contributed by atoms with Crippen LogP contribution in [-0.4, -0.2) is 37.7 Å². The van der Waals surface area contributed by atoms with Crippen LogP contribution in [0.4, 0.5) is 5.13 Å². The topological polar surface area (TPSA) is 86.8 Å². The molecule has 4 rings (SSSR count). The van der Waals surface area contributed by atoms with Gasteiger partial charge in [0.05, 0.1) is 19.9 Å². The van der Waals surface area contributed by atoms with E-state index in [4.69, 9.17) is 14.2 Å². The van der Waals surface area contributed by atoms with Crippen molar-refractivity contribution in [2.75, 3.05) is 26.1 Å². The predicted octanol–water partition coefficient (Wildman–Crippen LogP) is 4.14. The van der Waals surface area contributed by atoms with Gasteiger partial charge in [0.1, 0.15) is 0 Å². The SMILES string of the molecule is COc1ccc(-c2csc(NC(=O)COC(=O)CC3CC4CCC3C4)n2)cc1OC. The van der Waals surface area contributed by atoms with Gasteiger partial charge in [-0.05, 0) is 55.2 Å². The van der Waals surface area contributed by atoms with Crippen LogP contribution in [0.2, 0.25) is 0 Å². The molecule has 30 heavy (non-hydrogen) atoms. The molecular weight excluding hydrogens is 404 g/mol. The minimum absolute atomic E-state index is 0.284. The average Bonchev–Trinajstić information content (AvgIpc) is 3.49. The number of esters is 1. The summed E-state index contributed by atoms with van der Waals surface area (Å²) in [6.07, 6.45) is 5.34. The van der Waals surface area contributed by atoms with Gasteiger partial charge in [0.15, 0.2) is 23.2 Å². The second-order valence-electron chi connectivity index (χ2n) is 7.96. The number of anilines is 1. The Bertz CT molecular complexity index is 928. The number of rotatable bonds is 8. The van der Waals surface area contributed by atoms with Crippen molar-refractivity contribution in [2.45, 2.75) is 32.1 Å². The molecule has 2 fully saturated rings. The molecule has 0 spiro atoms. The van der Waals surface area contributed by atoms with Gasteiger partial charge in [-0.2, -0.15) is 0 Å². The van der Waals surface area contributed by atoms with Crippen LogP contribution in [0.5, 0.6) is 11.5 Å². The van der Waals surface area contributed by atoms with Crippen LogP contribution in [0.1, 0.15) is 32.1 Å². The Morgan fingerprint density at radius 2 is 2.00 bits per heavy atom. The van der Waals surface area contributed by atoms with Gasteiger partial charge in [0, 0.05) is 17.4 Å². The molecule has 3 atom stereocenters. The van der Waals surface area contributed by atoms with E-state index in [1.54, 1.807) is 20.3 Å². The van der Waals surface area contributed by atoms with Gasteiger partial charge in [0.2, 0.25) is 0 Å². The summed E-state index contributed by atoms with van der Waals surface area (Å²) in [6, 6.07) is 5.51. The number of nitrogens with one attached hydrogen (secondary N) is 1. The van der Waals surface area contributed by atoms with E-state index in [0.29, 0.717) is 40.6 Å². The van der Waals surface area contributed by atoms with Gasteiger partial charge in [-0.3, -0.25) is 14.9 Å². The van der Waals surface area contributed by atoms with Crippen LogP contribution >= 0.6 is 11.3 Å². The van der Waals surface area contributed by atoms with E-state index in [2.05, 4.69) is 10.3 Å². The van der Waals surface area contributed by atoms with Crippen LogP contribution in [-0.2, 0) is 14.3 Å². The fourth-order valence-electron chi connectivity index (χ4n) is 4.66. The van der Waals surface area contributed by atoms with E-state index < -0.39 is 0 Å². The smallest absolute Gasteiger partial charge is 0.306 e. The van der Waals surface area contributed by atoms with Gasteiger partial charge in [0.25, 0.3) is 5.91 Å². The van der Waals surface area contributed by atoms with Crippen molar-refractivity contribution >= 4 is 28.3 Å². The standard InChI is InChI=1S/C22H26N2O5S/c1-27-18-6-5-15(9-19(18)28-2)17-12-30-22(23-17)24-20(25)11-29-21(26)10-16-8-13-3-4-14(16)7-13/h5-6,9,12-14,16H,3-4,7-8,10-11H2,1-2H3,(H,23,24,25). The van der Waals surface area contributed by atoms with E-state index in [0.717, 1.165) is 17.9 Å². The van der Waals surface area contributed by atoms with Crippen molar-refractivity contribution in [3.63, 3.8) is 0 Å². The number of hydrogen-bond acceptors (Lipinski definition) is 7. The Labute approximate surface area is 179 Å². The maximum absolute atomic E-state index is 12.2. The molecule has 7 nitrogen and oxygen atoms in total. The highest BCUT2D eigenvalue weighted by Gasteiger charge is 2.40. The number of methoxy groups -OCH3 is 2. The molecular formula is C22H26N2O5S. The minimum atomic E-state index is -0.385. The van der Waals surface area contributed by atoms with Crippen molar-refractivity contribution in [1.82, 2.24) is 4.98 Å². The van der Waals surface area contributed by atoms with E-state index in [1.807, 2.05) is 17.5 Å². The summed E-state index contributed by atoms with van der Waals surface area (Å²) in [7, 11) is 3.16. The lowest BCUT2D eigenvalue weighted by molar-refractivity contribution is -0.148. The molecule has 1 aromatic heterocycles. The zero-order chi connectivity index (χ0) is 21.1. The van der Waals surface area contributed by atoms with Gasteiger partial charge >= 0.3 is 5.97 Å². The van der Waals surface area contributed by atoms with Crippen molar-refractivity contribution in [3.8, 4) is 22.8 Å². The maximum Gasteiger partial charge on any atom is 0.306 e. The monoisotopic (exact) mass is 430 g/mol. The largest absolute Gasteiger partial charge is 0.493 e. The van der Waals surface area contributed by atoms with Crippen LogP contribution in [0.15, 0.2) is 23.6 Å². The molecule has 1 aromatic carbocycles. The second-order valence-corrected chi connectivity index (χ2v) is 8.81. The molecule has 1 heterocycles. The Morgan fingerprint density at radius 1 is 1.17 bits per heavy atom. The maximum atomic E-state index is 12.2. The first-order valence-corrected chi connectivity index (χ1v) is 11.1. The molecule has 2 aliphatic rings. The van der Waals surface area contributed by atoms with Gasteiger partial charge in [-0.25, -0.2) is 4.98 Å². The number of hydrogen-bond donors (Lipinski definition) is 1. The lowest BCUT2D eigenvalue weighted by Crippen LogP contribution is -2.23. The quantitative estimate of drug-likeness (QED) is 0.634. The second kappa shape index (κ2) is 9.04.